The molecule has 0 bridgehead atoms. The summed E-state index contributed by atoms with van der Waals surface area (Å²) >= 11 is 0. The van der Waals surface area contributed by atoms with E-state index in [9.17, 15) is 0 Å². The fraction of sp³-hybridized carbons (Fsp3) is 0.846. The molecule has 0 saturated carbocycles. The molecule has 0 fully saturated rings. The van der Waals surface area contributed by atoms with Gasteiger partial charge in [-0.3, -0.25) is 0 Å². The zero-order chi connectivity index (χ0) is 13.7. The summed E-state index contributed by atoms with van der Waals surface area (Å²) in [6.07, 6.45) is 4.20. The number of rotatable bonds is 12. The van der Waals surface area contributed by atoms with Gasteiger partial charge in [-0.15, -0.1) is 0 Å². The highest BCUT2D eigenvalue weighted by Gasteiger charge is 2.37. The molecular formula is C13H28O4Si. The fourth-order valence-corrected chi connectivity index (χ4v) is 3.59. The summed E-state index contributed by atoms with van der Waals surface area (Å²) in [5, 5.41) is 0. The summed E-state index contributed by atoms with van der Waals surface area (Å²) < 4.78 is 22.5. The van der Waals surface area contributed by atoms with Crippen LogP contribution in [0.5, 0.6) is 0 Å². The van der Waals surface area contributed by atoms with E-state index in [0.717, 1.165) is 19.4 Å². The molecule has 0 spiro atoms. The van der Waals surface area contributed by atoms with Crippen molar-refractivity contribution in [2.24, 2.45) is 0 Å². The van der Waals surface area contributed by atoms with Gasteiger partial charge in [-0.25, -0.2) is 0 Å². The first-order valence-electron chi connectivity index (χ1n) is 6.91. The Hall–Kier alpha value is -0.203. The molecule has 0 aliphatic carbocycles. The maximum Gasteiger partial charge on any atom is 0.529 e. The van der Waals surface area contributed by atoms with E-state index in [0.29, 0.717) is 26.4 Å². The first-order chi connectivity index (χ1) is 8.74. The Morgan fingerprint density at radius 3 is 1.89 bits per heavy atom. The average molecular weight is 276 g/mol. The molecule has 0 unspecified atom stereocenters. The van der Waals surface area contributed by atoms with Crippen molar-refractivity contribution in [3.05, 3.63) is 11.8 Å². The summed E-state index contributed by atoms with van der Waals surface area (Å²) in [5.74, 6) is 0. The van der Waals surface area contributed by atoms with E-state index in [2.05, 4.69) is 6.92 Å². The van der Waals surface area contributed by atoms with Gasteiger partial charge in [0.25, 0.3) is 0 Å². The Bertz CT molecular complexity index is 192. The Morgan fingerprint density at radius 1 is 0.889 bits per heavy atom. The molecule has 0 aromatic rings. The molecule has 0 amide bonds. The minimum atomic E-state index is -2.62. The standard InChI is InChI=1S/C13H28O4Si/c1-5-9-11-14-12-10-13-18(15-6-2,16-7-3)17-8-4/h10,13H,5-9,11-12H2,1-4H3/b13-10+. The predicted octanol–water partition coefficient (Wildman–Crippen LogP) is 2.95. The van der Waals surface area contributed by atoms with Crippen LogP contribution >= 0.6 is 0 Å². The Morgan fingerprint density at radius 2 is 1.44 bits per heavy atom. The molecular weight excluding hydrogens is 248 g/mol. The topological polar surface area (TPSA) is 36.9 Å². The zero-order valence-electron chi connectivity index (χ0n) is 12.2. The second-order valence-corrected chi connectivity index (χ2v) is 6.14. The third-order valence-electron chi connectivity index (χ3n) is 2.21. The van der Waals surface area contributed by atoms with Crippen LogP contribution in [0, 0.1) is 0 Å². The van der Waals surface area contributed by atoms with E-state index in [1.807, 2.05) is 32.5 Å². The molecule has 0 aliphatic heterocycles. The van der Waals surface area contributed by atoms with E-state index >= 15 is 0 Å². The van der Waals surface area contributed by atoms with Gasteiger partial charge in [-0.2, -0.15) is 0 Å². The molecule has 0 aromatic carbocycles. The van der Waals surface area contributed by atoms with Crippen LogP contribution < -0.4 is 0 Å². The van der Waals surface area contributed by atoms with Gasteiger partial charge in [-0.05, 0) is 32.9 Å². The van der Waals surface area contributed by atoms with Crippen LogP contribution in [0.1, 0.15) is 40.5 Å². The SMILES string of the molecule is CCCCOC/C=C/[Si](OCC)(OCC)OCC. The predicted molar refractivity (Wildman–Crippen MR) is 75.5 cm³/mol. The Balaban J connectivity index is 4.22. The normalized spacial score (nSPS) is 12.4. The maximum atomic E-state index is 5.69. The van der Waals surface area contributed by atoms with Gasteiger partial charge in [0.15, 0.2) is 0 Å². The van der Waals surface area contributed by atoms with Crippen molar-refractivity contribution in [3.63, 3.8) is 0 Å². The molecule has 0 N–H and O–H groups in total. The van der Waals surface area contributed by atoms with Gasteiger partial charge in [0, 0.05) is 26.4 Å². The second kappa shape index (κ2) is 11.9. The minimum absolute atomic E-state index is 0.585. The summed E-state index contributed by atoms with van der Waals surface area (Å²) in [7, 11) is -2.62. The van der Waals surface area contributed by atoms with Gasteiger partial charge in [-0.1, -0.05) is 19.4 Å². The Labute approximate surface area is 113 Å². The van der Waals surface area contributed by atoms with Crippen molar-refractivity contribution >= 4 is 8.80 Å². The largest absolute Gasteiger partial charge is 0.529 e. The summed E-state index contributed by atoms with van der Waals surface area (Å²) in [5.41, 5.74) is 1.93. The van der Waals surface area contributed by atoms with Crippen LogP contribution in [0.2, 0.25) is 0 Å². The van der Waals surface area contributed by atoms with Crippen LogP contribution in [-0.4, -0.2) is 41.8 Å². The number of hydrogen-bond acceptors (Lipinski definition) is 4. The van der Waals surface area contributed by atoms with Gasteiger partial charge in [0.1, 0.15) is 0 Å². The van der Waals surface area contributed by atoms with Crippen molar-refractivity contribution in [2.75, 3.05) is 33.0 Å². The zero-order valence-corrected chi connectivity index (χ0v) is 13.2. The van der Waals surface area contributed by atoms with Crippen LogP contribution in [0.3, 0.4) is 0 Å². The van der Waals surface area contributed by atoms with Crippen LogP contribution in [0.4, 0.5) is 0 Å². The van der Waals surface area contributed by atoms with Gasteiger partial charge in [0.2, 0.25) is 0 Å². The molecule has 5 heteroatoms. The van der Waals surface area contributed by atoms with Gasteiger partial charge >= 0.3 is 8.80 Å². The van der Waals surface area contributed by atoms with Gasteiger partial charge in [0.05, 0.1) is 6.61 Å². The monoisotopic (exact) mass is 276 g/mol. The molecule has 108 valence electrons. The first-order valence-corrected chi connectivity index (χ1v) is 8.72. The lowest BCUT2D eigenvalue weighted by Crippen LogP contribution is -2.44. The number of hydrogen-bond donors (Lipinski definition) is 0. The third-order valence-corrected chi connectivity index (χ3v) is 4.93. The molecule has 0 saturated heterocycles. The quantitative estimate of drug-likeness (QED) is 0.406. The molecule has 0 atom stereocenters. The van der Waals surface area contributed by atoms with E-state index in [-0.39, 0.29) is 0 Å². The smallest absolute Gasteiger partial charge is 0.377 e. The van der Waals surface area contributed by atoms with E-state index in [1.54, 1.807) is 0 Å². The number of unbranched alkanes of at least 4 members (excludes halogenated alkanes) is 1. The molecule has 4 nitrogen and oxygen atoms in total. The molecule has 18 heavy (non-hydrogen) atoms. The molecule has 0 heterocycles. The highest BCUT2D eigenvalue weighted by molar-refractivity contribution is 6.66. The highest BCUT2D eigenvalue weighted by Crippen LogP contribution is 2.11. The molecule has 0 radical (unpaired) electrons. The summed E-state index contributed by atoms with van der Waals surface area (Å²) in [6.45, 7) is 11.2. The number of ether oxygens (including phenoxy) is 1. The van der Waals surface area contributed by atoms with E-state index in [1.165, 1.54) is 0 Å². The lowest BCUT2D eigenvalue weighted by Gasteiger charge is -2.25. The van der Waals surface area contributed by atoms with Crippen LogP contribution in [0.25, 0.3) is 0 Å². The van der Waals surface area contributed by atoms with E-state index in [4.69, 9.17) is 18.0 Å². The lowest BCUT2D eigenvalue weighted by atomic mass is 10.4. The third kappa shape index (κ3) is 8.00. The van der Waals surface area contributed by atoms with Crippen LogP contribution in [-0.2, 0) is 18.0 Å². The summed E-state index contributed by atoms with van der Waals surface area (Å²) in [4.78, 5) is 0. The van der Waals surface area contributed by atoms with E-state index < -0.39 is 8.80 Å². The van der Waals surface area contributed by atoms with Gasteiger partial charge < -0.3 is 18.0 Å². The summed E-state index contributed by atoms with van der Waals surface area (Å²) in [6, 6.07) is 0. The molecule has 0 rings (SSSR count). The minimum Gasteiger partial charge on any atom is -0.377 e. The molecule has 0 aliphatic rings. The lowest BCUT2D eigenvalue weighted by molar-refractivity contribution is 0.0837. The van der Waals surface area contributed by atoms with Crippen molar-refractivity contribution in [1.29, 1.82) is 0 Å². The molecule has 0 aromatic heterocycles. The maximum absolute atomic E-state index is 5.69. The van der Waals surface area contributed by atoms with Crippen molar-refractivity contribution in [2.45, 2.75) is 40.5 Å². The first kappa shape index (κ1) is 17.8. The van der Waals surface area contributed by atoms with Crippen molar-refractivity contribution in [1.82, 2.24) is 0 Å². The Kier molecular flexibility index (Phi) is 11.7. The highest BCUT2D eigenvalue weighted by atomic mass is 28.4. The second-order valence-electron chi connectivity index (χ2n) is 3.73. The fourth-order valence-electron chi connectivity index (χ4n) is 1.46. The van der Waals surface area contributed by atoms with Crippen molar-refractivity contribution < 1.29 is 18.0 Å². The average Bonchev–Trinajstić information content (AvgIpc) is 2.35. The van der Waals surface area contributed by atoms with Crippen LogP contribution in [0.15, 0.2) is 11.8 Å². The van der Waals surface area contributed by atoms with Crippen molar-refractivity contribution in [3.8, 4) is 0 Å².